The van der Waals surface area contributed by atoms with Gasteiger partial charge in [-0.1, -0.05) is 11.6 Å². The fourth-order valence-electron chi connectivity index (χ4n) is 2.54. The van der Waals surface area contributed by atoms with Crippen LogP contribution < -0.4 is 0 Å². The molecule has 1 fully saturated rings. The molecule has 1 aromatic carbocycles. The summed E-state index contributed by atoms with van der Waals surface area (Å²) in [5, 5.41) is 0. The van der Waals surface area contributed by atoms with Crippen molar-refractivity contribution in [3.63, 3.8) is 0 Å². The molecule has 1 aliphatic rings. The zero-order valence-corrected chi connectivity index (χ0v) is 17.1. The molecular weight excluding hydrogens is 438 g/mol. The number of nitrogens with zero attached hydrogens (tertiary/aromatic N) is 2. The molecular formula is C16H15ClF2N2O3S3. The first-order chi connectivity index (χ1) is 12.8. The highest BCUT2D eigenvalue weighted by Gasteiger charge is 2.31. The van der Waals surface area contributed by atoms with E-state index in [4.69, 9.17) is 11.6 Å². The average Bonchev–Trinajstić information content (AvgIpc) is 3.10. The summed E-state index contributed by atoms with van der Waals surface area (Å²) in [6.07, 6.45) is 0. The number of sulfonamides is 1. The lowest BCUT2D eigenvalue weighted by Gasteiger charge is -2.33. The van der Waals surface area contributed by atoms with E-state index in [1.165, 1.54) is 22.5 Å². The Morgan fingerprint density at radius 1 is 1.11 bits per heavy atom. The molecule has 5 nitrogen and oxygen atoms in total. The smallest absolute Gasteiger partial charge is 0.252 e. The Kier molecular flexibility index (Phi) is 6.42. The normalized spacial score (nSPS) is 15.9. The van der Waals surface area contributed by atoms with E-state index in [-0.39, 0.29) is 42.0 Å². The van der Waals surface area contributed by atoms with Crippen molar-refractivity contribution < 1.29 is 22.0 Å². The number of piperazine rings is 1. The van der Waals surface area contributed by atoms with Crippen LogP contribution in [0.2, 0.25) is 4.34 Å². The molecule has 0 unspecified atom stereocenters. The van der Waals surface area contributed by atoms with Crippen LogP contribution in [0.1, 0.15) is 0 Å². The van der Waals surface area contributed by atoms with Crippen molar-refractivity contribution in [1.82, 2.24) is 9.21 Å². The molecule has 0 bridgehead atoms. The molecule has 146 valence electrons. The predicted octanol–water partition coefficient (Wildman–Crippen LogP) is 3.30. The SMILES string of the molecule is O=C(CSc1ccc(F)c(F)c1)N1CCN(S(=O)(=O)c2ccc(Cl)s2)CC1. The van der Waals surface area contributed by atoms with Gasteiger partial charge in [0.05, 0.1) is 10.1 Å². The summed E-state index contributed by atoms with van der Waals surface area (Å²) in [6.45, 7) is 0.934. The third-order valence-electron chi connectivity index (χ3n) is 3.99. The van der Waals surface area contributed by atoms with Crippen molar-refractivity contribution in [3.05, 3.63) is 46.3 Å². The van der Waals surface area contributed by atoms with Gasteiger partial charge >= 0.3 is 0 Å². The lowest BCUT2D eigenvalue weighted by atomic mass is 10.3. The molecule has 0 radical (unpaired) electrons. The molecule has 1 saturated heterocycles. The number of benzene rings is 1. The lowest BCUT2D eigenvalue weighted by molar-refractivity contribution is -0.129. The van der Waals surface area contributed by atoms with Gasteiger partial charge in [-0.05, 0) is 30.3 Å². The standard InChI is InChI=1S/C16H15ClF2N2O3S3/c17-14-3-4-16(26-14)27(23,24)21-7-5-20(6-8-21)15(22)10-25-11-1-2-12(18)13(19)9-11/h1-4,9H,5-8,10H2. The Balaban J connectivity index is 1.54. The molecule has 0 saturated carbocycles. The molecule has 0 N–H and O–H groups in total. The monoisotopic (exact) mass is 452 g/mol. The number of hydrogen-bond acceptors (Lipinski definition) is 5. The maximum atomic E-state index is 13.2. The molecule has 2 heterocycles. The van der Waals surface area contributed by atoms with E-state index in [0.717, 1.165) is 35.2 Å². The van der Waals surface area contributed by atoms with E-state index in [1.54, 1.807) is 4.90 Å². The topological polar surface area (TPSA) is 57.7 Å². The first-order valence-corrected chi connectivity index (χ1v) is 11.5. The van der Waals surface area contributed by atoms with Gasteiger partial charge in [-0.15, -0.1) is 23.1 Å². The molecule has 2 aromatic rings. The molecule has 11 heteroatoms. The van der Waals surface area contributed by atoms with Gasteiger partial charge in [-0.25, -0.2) is 17.2 Å². The van der Waals surface area contributed by atoms with Crippen LogP contribution in [0.25, 0.3) is 0 Å². The zero-order chi connectivity index (χ0) is 19.6. The maximum Gasteiger partial charge on any atom is 0.252 e. The van der Waals surface area contributed by atoms with E-state index in [9.17, 15) is 22.0 Å². The second-order valence-electron chi connectivity index (χ2n) is 5.71. The van der Waals surface area contributed by atoms with E-state index in [0.29, 0.717) is 9.23 Å². The first kappa shape index (κ1) is 20.5. The number of halogens is 3. The zero-order valence-electron chi connectivity index (χ0n) is 13.9. The molecule has 0 spiro atoms. The van der Waals surface area contributed by atoms with Crippen molar-refractivity contribution in [1.29, 1.82) is 0 Å². The quantitative estimate of drug-likeness (QED) is 0.653. The van der Waals surface area contributed by atoms with Crippen molar-refractivity contribution in [2.75, 3.05) is 31.9 Å². The second kappa shape index (κ2) is 8.44. The number of amides is 1. The molecule has 0 aliphatic carbocycles. The fourth-order valence-corrected chi connectivity index (χ4v) is 6.43. The number of thioether (sulfide) groups is 1. The Morgan fingerprint density at radius 3 is 2.41 bits per heavy atom. The number of thiophene rings is 1. The maximum absolute atomic E-state index is 13.2. The third-order valence-corrected chi connectivity index (χ3v) is 8.56. The molecule has 27 heavy (non-hydrogen) atoms. The minimum absolute atomic E-state index is 0.0678. The molecule has 1 amide bonds. The predicted molar refractivity (Wildman–Crippen MR) is 102 cm³/mol. The first-order valence-electron chi connectivity index (χ1n) is 7.88. The van der Waals surface area contributed by atoms with Gasteiger partial charge in [0.15, 0.2) is 11.6 Å². The molecule has 0 atom stereocenters. The molecule has 3 rings (SSSR count). The van der Waals surface area contributed by atoms with Gasteiger partial charge in [0.1, 0.15) is 4.21 Å². The summed E-state index contributed by atoms with van der Waals surface area (Å²) in [4.78, 5) is 14.3. The van der Waals surface area contributed by atoms with Crippen molar-refractivity contribution in [2.45, 2.75) is 9.10 Å². The van der Waals surface area contributed by atoms with Crippen molar-refractivity contribution >= 4 is 50.6 Å². The van der Waals surface area contributed by atoms with Gasteiger partial charge in [0, 0.05) is 31.1 Å². The van der Waals surface area contributed by atoms with E-state index in [1.807, 2.05) is 0 Å². The number of carbonyl (C=O) groups excluding carboxylic acids is 1. The van der Waals surface area contributed by atoms with Gasteiger partial charge in [-0.2, -0.15) is 4.31 Å². The second-order valence-corrected chi connectivity index (χ2v) is 10.6. The fraction of sp³-hybridized carbons (Fsp3) is 0.312. The van der Waals surface area contributed by atoms with Crippen LogP contribution >= 0.6 is 34.7 Å². The summed E-state index contributed by atoms with van der Waals surface area (Å²) in [6, 6.07) is 6.48. The van der Waals surface area contributed by atoms with Crippen LogP contribution in [-0.2, 0) is 14.8 Å². The van der Waals surface area contributed by atoms with E-state index < -0.39 is 21.7 Å². The Hall–Kier alpha value is -1.20. The minimum Gasteiger partial charge on any atom is -0.339 e. The summed E-state index contributed by atoms with van der Waals surface area (Å²) in [7, 11) is -3.61. The summed E-state index contributed by atoms with van der Waals surface area (Å²) >= 11 is 7.92. The van der Waals surface area contributed by atoms with Crippen molar-refractivity contribution in [2.24, 2.45) is 0 Å². The van der Waals surface area contributed by atoms with Gasteiger partial charge in [-0.3, -0.25) is 4.79 Å². The van der Waals surface area contributed by atoms with Crippen molar-refractivity contribution in [3.8, 4) is 0 Å². The van der Waals surface area contributed by atoms with E-state index in [2.05, 4.69) is 0 Å². The lowest BCUT2D eigenvalue weighted by Crippen LogP contribution is -2.50. The largest absolute Gasteiger partial charge is 0.339 e. The number of carbonyl (C=O) groups is 1. The highest BCUT2D eigenvalue weighted by molar-refractivity contribution is 8.00. The van der Waals surface area contributed by atoms with E-state index >= 15 is 0 Å². The minimum atomic E-state index is -3.61. The highest BCUT2D eigenvalue weighted by Crippen LogP contribution is 2.28. The third kappa shape index (κ3) is 4.80. The molecule has 1 aliphatic heterocycles. The Bertz CT molecular complexity index is 944. The van der Waals surface area contributed by atoms with Crippen LogP contribution in [-0.4, -0.2) is 55.5 Å². The van der Waals surface area contributed by atoms with Crippen LogP contribution in [0.15, 0.2) is 39.4 Å². The van der Waals surface area contributed by atoms with Crippen LogP contribution in [0.5, 0.6) is 0 Å². The van der Waals surface area contributed by atoms with Gasteiger partial charge < -0.3 is 4.90 Å². The molecule has 1 aromatic heterocycles. The summed E-state index contributed by atoms with van der Waals surface area (Å²) in [5.41, 5.74) is 0. The Morgan fingerprint density at radius 2 is 1.81 bits per heavy atom. The van der Waals surface area contributed by atoms with Crippen LogP contribution in [0, 0.1) is 11.6 Å². The van der Waals surface area contributed by atoms with Gasteiger partial charge in [0.2, 0.25) is 5.91 Å². The Labute approximate surface area is 169 Å². The highest BCUT2D eigenvalue weighted by atomic mass is 35.5. The van der Waals surface area contributed by atoms with Crippen LogP contribution in [0.4, 0.5) is 8.78 Å². The average molecular weight is 453 g/mol. The summed E-state index contributed by atoms with van der Waals surface area (Å²) in [5.74, 6) is -2.01. The van der Waals surface area contributed by atoms with Crippen LogP contribution in [0.3, 0.4) is 0 Å². The number of hydrogen-bond donors (Lipinski definition) is 0. The summed E-state index contributed by atoms with van der Waals surface area (Å²) < 4.78 is 53.1. The number of rotatable bonds is 5. The van der Waals surface area contributed by atoms with Gasteiger partial charge in [0.25, 0.3) is 10.0 Å².